The molecular weight excluding hydrogens is 261 g/mol. The maximum absolute atomic E-state index is 10.1. The fourth-order valence-corrected chi connectivity index (χ4v) is 0.681. The predicted molar refractivity (Wildman–Crippen MR) is 49.9 cm³/mol. The van der Waals surface area contributed by atoms with Crippen molar-refractivity contribution in [3.8, 4) is 0 Å². The van der Waals surface area contributed by atoms with Gasteiger partial charge in [0.15, 0.2) is 5.97 Å². The fraction of sp³-hybridized carbons (Fsp3) is 0.556. The van der Waals surface area contributed by atoms with Crippen LogP contribution in [0.4, 0.5) is 0 Å². The molecule has 7 heteroatoms. The van der Waals surface area contributed by atoms with E-state index in [0.29, 0.717) is 19.4 Å². The van der Waals surface area contributed by atoms with E-state index in [2.05, 4.69) is 32.6 Å². The maximum atomic E-state index is 10.1. The van der Waals surface area contributed by atoms with Crippen molar-refractivity contribution in [3.05, 3.63) is 12.2 Å². The first-order valence-corrected chi connectivity index (χ1v) is 4.88. The van der Waals surface area contributed by atoms with Crippen LogP contribution in [-0.4, -0.2) is 24.4 Å². The summed E-state index contributed by atoms with van der Waals surface area (Å²) in [6.07, 6.45) is 1.50. The summed E-state index contributed by atoms with van der Waals surface area (Å²) in [4.78, 5) is 30.0. The van der Waals surface area contributed by atoms with E-state index >= 15 is 0 Å². The standard InChI is InChI=1S/C5H9O2.C4H5NO2.Co.O/c1-3-4-7-5(2)6;6-3-1-2-4(7)5-3;;/h2-4H2,1H3;1-2H2,(H,5,6,7);;/q-1;;;/p-1. The quantitative estimate of drug-likeness (QED) is 0.423. The fourth-order valence-electron chi connectivity index (χ4n) is 0.681. The molecule has 1 saturated heterocycles. The molecule has 0 aromatic carbocycles. The van der Waals surface area contributed by atoms with Gasteiger partial charge < -0.3 is 19.6 Å². The van der Waals surface area contributed by atoms with Crippen LogP contribution in [0.15, 0.2) is 0 Å². The number of imide groups is 1. The van der Waals surface area contributed by atoms with Crippen LogP contribution in [0.5, 0.6) is 0 Å². The second kappa shape index (κ2) is 11.9. The SMILES string of the molecule is O=C1CCC(=O)[N-]1.[CH2-]C(=O)OCCC.[O]=[Co]. The second-order valence-corrected chi connectivity index (χ2v) is 2.62. The number of rotatable bonds is 2. The Morgan fingerprint density at radius 3 is 1.94 bits per heavy atom. The zero-order valence-electron chi connectivity index (χ0n) is 8.86. The molecular formula is C9H13CoNO5-2. The van der Waals surface area contributed by atoms with Crippen molar-refractivity contribution in [2.75, 3.05) is 6.61 Å². The molecule has 0 N–H and O–H groups in total. The van der Waals surface area contributed by atoms with Crippen LogP contribution in [-0.2, 0) is 38.7 Å². The van der Waals surface area contributed by atoms with Gasteiger partial charge in [-0.3, -0.25) is 11.7 Å². The molecule has 0 aromatic heterocycles. The van der Waals surface area contributed by atoms with Crippen molar-refractivity contribution in [2.24, 2.45) is 0 Å². The molecule has 16 heavy (non-hydrogen) atoms. The average molecular weight is 274 g/mol. The van der Waals surface area contributed by atoms with Crippen molar-refractivity contribution >= 4 is 17.8 Å². The Balaban J connectivity index is 0. The van der Waals surface area contributed by atoms with Gasteiger partial charge in [0.05, 0.1) is 18.4 Å². The first-order valence-electron chi connectivity index (χ1n) is 4.46. The van der Waals surface area contributed by atoms with E-state index in [1.165, 1.54) is 0 Å². The Hall–Kier alpha value is -1.21. The molecule has 1 fully saturated rings. The van der Waals surface area contributed by atoms with Gasteiger partial charge in [0, 0.05) is 0 Å². The third-order valence-electron chi connectivity index (χ3n) is 1.27. The molecule has 0 aliphatic carbocycles. The van der Waals surface area contributed by atoms with E-state index in [0.717, 1.165) is 6.42 Å². The topological polar surface area (TPSA) is 91.6 Å². The van der Waals surface area contributed by atoms with Crippen LogP contribution in [0.25, 0.3) is 5.32 Å². The Kier molecular flexibility index (Phi) is 12.7. The number of nitrogens with zero attached hydrogens (tertiary/aromatic N) is 1. The van der Waals surface area contributed by atoms with E-state index in [9.17, 15) is 14.4 Å². The third kappa shape index (κ3) is 12.8. The minimum atomic E-state index is -0.443. The average Bonchev–Trinajstić information content (AvgIpc) is 2.63. The summed E-state index contributed by atoms with van der Waals surface area (Å²) in [6, 6.07) is 0. The van der Waals surface area contributed by atoms with Crippen molar-refractivity contribution in [1.82, 2.24) is 0 Å². The Morgan fingerprint density at radius 2 is 1.81 bits per heavy atom. The summed E-state index contributed by atoms with van der Waals surface area (Å²) in [5, 5.41) is 3.11. The molecule has 0 unspecified atom stereocenters. The van der Waals surface area contributed by atoms with Crippen LogP contribution in [0, 0.1) is 6.92 Å². The number of ether oxygens (including phenoxy) is 1. The predicted octanol–water partition coefficient (Wildman–Crippen LogP) is 0.859. The summed E-state index contributed by atoms with van der Waals surface area (Å²) < 4.78 is 12.4. The van der Waals surface area contributed by atoms with Gasteiger partial charge in [0.2, 0.25) is 0 Å². The Labute approximate surface area is 102 Å². The van der Waals surface area contributed by atoms with E-state index in [-0.39, 0.29) is 11.8 Å². The molecule has 1 heterocycles. The van der Waals surface area contributed by atoms with Crippen LogP contribution in [0.3, 0.4) is 0 Å². The van der Waals surface area contributed by atoms with Gasteiger partial charge >= 0.3 is 19.5 Å². The zero-order valence-corrected chi connectivity index (χ0v) is 9.90. The molecule has 0 aromatic rings. The molecule has 1 aliphatic rings. The number of carbonyl (C=O) groups is 3. The van der Waals surface area contributed by atoms with Gasteiger partial charge in [-0.2, -0.15) is 0 Å². The molecule has 1 rings (SSSR count). The summed E-state index contributed by atoms with van der Waals surface area (Å²) >= 11 is 2.31. The molecule has 2 amide bonds. The van der Waals surface area contributed by atoms with Crippen LogP contribution in [0.2, 0.25) is 0 Å². The van der Waals surface area contributed by atoms with Crippen LogP contribution >= 0.6 is 0 Å². The van der Waals surface area contributed by atoms with Crippen LogP contribution < -0.4 is 0 Å². The number of amides is 2. The first-order chi connectivity index (χ1) is 7.56. The van der Waals surface area contributed by atoms with Crippen molar-refractivity contribution < 1.29 is 38.7 Å². The first kappa shape index (κ1) is 17.2. The second-order valence-electron chi connectivity index (χ2n) is 2.62. The summed E-state index contributed by atoms with van der Waals surface area (Å²) in [6.45, 7) is 5.44. The van der Waals surface area contributed by atoms with Crippen molar-refractivity contribution in [1.29, 1.82) is 0 Å². The zero-order chi connectivity index (χ0) is 13.0. The monoisotopic (exact) mass is 274 g/mol. The van der Waals surface area contributed by atoms with Gasteiger partial charge in [-0.05, 0) is 19.3 Å². The van der Waals surface area contributed by atoms with E-state index in [4.69, 9.17) is 3.87 Å². The molecule has 95 valence electrons. The number of esters is 1. The van der Waals surface area contributed by atoms with Crippen molar-refractivity contribution in [2.45, 2.75) is 26.2 Å². The number of carbonyl (C=O) groups excluding carboxylic acids is 3. The Morgan fingerprint density at radius 1 is 1.38 bits per heavy atom. The minimum absolute atomic E-state index is 0.273. The van der Waals surface area contributed by atoms with Gasteiger partial charge in [0.1, 0.15) is 0 Å². The number of hydrogen-bond donors (Lipinski definition) is 0. The molecule has 0 radical (unpaired) electrons. The summed E-state index contributed by atoms with van der Waals surface area (Å²) in [7, 11) is 0. The van der Waals surface area contributed by atoms with E-state index in [1.54, 1.807) is 0 Å². The van der Waals surface area contributed by atoms with Crippen LogP contribution in [0.1, 0.15) is 26.2 Å². The Bertz CT molecular complexity index is 230. The third-order valence-corrected chi connectivity index (χ3v) is 1.27. The normalized spacial score (nSPS) is 12.6. The molecule has 0 bridgehead atoms. The molecule has 0 saturated carbocycles. The van der Waals surface area contributed by atoms with Gasteiger partial charge in [-0.1, -0.05) is 6.92 Å². The van der Waals surface area contributed by atoms with Gasteiger partial charge in [-0.25, -0.2) is 0 Å². The summed E-state index contributed by atoms with van der Waals surface area (Å²) in [5.41, 5.74) is 0. The molecule has 0 spiro atoms. The summed E-state index contributed by atoms with van der Waals surface area (Å²) in [5.74, 6) is -0.989. The molecule has 0 atom stereocenters. The van der Waals surface area contributed by atoms with Crippen molar-refractivity contribution in [3.63, 3.8) is 0 Å². The van der Waals surface area contributed by atoms with Gasteiger partial charge in [0.25, 0.3) is 0 Å². The van der Waals surface area contributed by atoms with Gasteiger partial charge in [-0.15, -0.1) is 0 Å². The molecule has 6 nitrogen and oxygen atoms in total. The number of hydrogen-bond acceptors (Lipinski definition) is 5. The van der Waals surface area contributed by atoms with E-state index in [1.807, 2.05) is 6.92 Å². The molecule has 1 aliphatic heterocycles. The van der Waals surface area contributed by atoms with E-state index < -0.39 is 5.97 Å².